The van der Waals surface area contributed by atoms with E-state index in [9.17, 15) is 11.9 Å². The zero-order valence-electron chi connectivity index (χ0n) is 13.9. The van der Waals surface area contributed by atoms with Gasteiger partial charge in [-0.25, -0.2) is 0 Å². The predicted octanol–water partition coefficient (Wildman–Crippen LogP) is 2.65. The summed E-state index contributed by atoms with van der Waals surface area (Å²) in [5, 5.41) is 8.61. The summed E-state index contributed by atoms with van der Waals surface area (Å²) in [6, 6.07) is 10.8. The Morgan fingerprint density at radius 3 is 2.52 bits per heavy atom. The maximum absolute atomic E-state index is 11.9. The van der Waals surface area contributed by atoms with Crippen molar-refractivity contribution < 1.29 is 11.9 Å². The van der Waals surface area contributed by atoms with Crippen LogP contribution in [0.2, 0.25) is 0 Å². The van der Waals surface area contributed by atoms with Crippen molar-refractivity contribution in [3.8, 4) is 0 Å². The molecule has 0 radical (unpaired) electrons. The molecule has 0 saturated carbocycles. The maximum atomic E-state index is 11.9. The van der Waals surface area contributed by atoms with Gasteiger partial charge in [0, 0.05) is 0 Å². The number of aryl methyl sites for hydroxylation is 1. The van der Waals surface area contributed by atoms with Gasteiger partial charge < -0.3 is 0 Å². The van der Waals surface area contributed by atoms with Gasteiger partial charge >= 0.3 is 152 Å². The molecule has 0 unspecified atom stereocenters. The van der Waals surface area contributed by atoms with Gasteiger partial charge in [0.2, 0.25) is 0 Å². The van der Waals surface area contributed by atoms with Gasteiger partial charge in [0.1, 0.15) is 0 Å². The summed E-state index contributed by atoms with van der Waals surface area (Å²) in [5.74, 6) is 0. The number of para-hydroxylation sites is 1. The van der Waals surface area contributed by atoms with E-state index in [1.165, 1.54) is 17.4 Å². The SMILES string of the molecule is Cc1cc(N=Nc2nc3ccccc3s2)c([As](=O)(O)O)cc1N(C)C. The monoisotopic (exact) mass is 420 g/mol. The van der Waals surface area contributed by atoms with Crippen molar-refractivity contribution in [1.82, 2.24) is 4.98 Å². The third-order valence-electron chi connectivity index (χ3n) is 3.61. The number of rotatable bonds is 4. The van der Waals surface area contributed by atoms with Crippen molar-refractivity contribution in [3.63, 3.8) is 0 Å². The molecule has 3 rings (SSSR count). The van der Waals surface area contributed by atoms with Crippen LogP contribution in [0, 0.1) is 6.92 Å². The Bertz CT molecular complexity index is 977. The molecule has 0 aliphatic rings. The zero-order chi connectivity index (χ0) is 18.2. The standard InChI is InChI=1S/C16H17AsN4O3S/c1-10-8-13(11(17(22,23)24)9-14(10)21(2)3)19-20-16-18-12-6-4-5-7-15(12)25-16/h4-9H,1-3H3,(H2,22,23,24). The summed E-state index contributed by atoms with van der Waals surface area (Å²) < 4.78 is 32.2. The Labute approximate surface area is 151 Å². The van der Waals surface area contributed by atoms with E-state index in [4.69, 9.17) is 0 Å². The molecule has 1 heterocycles. The zero-order valence-corrected chi connectivity index (χ0v) is 16.6. The summed E-state index contributed by atoms with van der Waals surface area (Å²) >= 11 is -3.79. The Hall–Kier alpha value is -1.99. The van der Waals surface area contributed by atoms with E-state index in [0.717, 1.165) is 21.5 Å². The fourth-order valence-electron chi connectivity index (χ4n) is 2.46. The van der Waals surface area contributed by atoms with E-state index in [1.54, 1.807) is 11.0 Å². The first-order chi connectivity index (χ1) is 11.8. The first-order valence-electron chi connectivity index (χ1n) is 7.41. The van der Waals surface area contributed by atoms with Crippen LogP contribution in [-0.2, 0) is 3.74 Å². The quantitative estimate of drug-likeness (QED) is 0.500. The number of nitrogens with zero attached hydrogens (tertiary/aromatic N) is 4. The fraction of sp³-hybridized carbons (Fsp3) is 0.188. The average molecular weight is 420 g/mol. The molecule has 0 atom stereocenters. The summed E-state index contributed by atoms with van der Waals surface area (Å²) in [6.07, 6.45) is 0. The number of hydrogen-bond donors (Lipinski definition) is 2. The second-order valence-electron chi connectivity index (χ2n) is 5.73. The number of anilines is 1. The first-order valence-corrected chi connectivity index (χ1v) is 11.6. The summed E-state index contributed by atoms with van der Waals surface area (Å²) in [7, 11) is 3.64. The number of benzene rings is 2. The normalized spacial score (nSPS) is 12.2. The van der Waals surface area contributed by atoms with Gasteiger partial charge in [-0.3, -0.25) is 0 Å². The fourth-order valence-corrected chi connectivity index (χ4v) is 4.72. The van der Waals surface area contributed by atoms with Gasteiger partial charge in [-0.2, -0.15) is 0 Å². The van der Waals surface area contributed by atoms with Gasteiger partial charge in [0.05, 0.1) is 0 Å². The predicted molar refractivity (Wildman–Crippen MR) is 99.8 cm³/mol. The van der Waals surface area contributed by atoms with Crippen LogP contribution in [-0.4, -0.2) is 41.4 Å². The summed E-state index contributed by atoms with van der Waals surface area (Å²) in [5.41, 5.74) is 2.59. The van der Waals surface area contributed by atoms with E-state index in [2.05, 4.69) is 15.2 Å². The van der Waals surface area contributed by atoms with Crippen LogP contribution < -0.4 is 9.25 Å². The molecule has 0 bridgehead atoms. The third kappa shape index (κ3) is 3.82. The van der Waals surface area contributed by atoms with Gasteiger partial charge in [0.15, 0.2) is 0 Å². The van der Waals surface area contributed by atoms with E-state index in [1.807, 2.05) is 45.3 Å². The number of thiazole rings is 1. The first kappa shape index (κ1) is 17.8. The Morgan fingerprint density at radius 2 is 1.88 bits per heavy atom. The summed E-state index contributed by atoms with van der Waals surface area (Å²) in [6.45, 7) is 1.86. The molecule has 0 aliphatic heterocycles. The molecule has 0 aliphatic carbocycles. The van der Waals surface area contributed by atoms with E-state index < -0.39 is 14.2 Å². The second-order valence-corrected chi connectivity index (χ2v) is 10.0. The van der Waals surface area contributed by atoms with Crippen molar-refractivity contribution in [3.05, 3.63) is 42.0 Å². The Kier molecular flexibility index (Phi) is 4.79. The molecule has 9 heteroatoms. The molecular weight excluding hydrogens is 403 g/mol. The van der Waals surface area contributed by atoms with Crippen molar-refractivity contribution in [1.29, 1.82) is 0 Å². The van der Waals surface area contributed by atoms with Crippen LogP contribution in [0.3, 0.4) is 0 Å². The molecule has 7 nitrogen and oxygen atoms in total. The van der Waals surface area contributed by atoms with E-state index in [0.29, 0.717) is 5.13 Å². The van der Waals surface area contributed by atoms with Crippen LogP contribution >= 0.6 is 11.3 Å². The van der Waals surface area contributed by atoms with E-state index in [-0.39, 0.29) is 10.0 Å². The number of aromatic nitrogens is 1. The molecule has 0 amide bonds. The second kappa shape index (κ2) is 6.72. The molecule has 3 aromatic rings. The molecule has 0 spiro atoms. The molecule has 1 aromatic heterocycles. The number of fused-ring (bicyclic) bond motifs is 1. The molecular formula is C16H17AsN4O3S. The molecule has 0 saturated heterocycles. The van der Waals surface area contributed by atoms with Gasteiger partial charge in [-0.15, -0.1) is 0 Å². The summed E-state index contributed by atoms with van der Waals surface area (Å²) in [4.78, 5) is 6.15. The van der Waals surface area contributed by atoms with Crippen LogP contribution in [0.4, 0.5) is 16.5 Å². The van der Waals surface area contributed by atoms with Crippen LogP contribution in [0.15, 0.2) is 46.6 Å². The third-order valence-corrected chi connectivity index (χ3v) is 6.60. The molecule has 25 heavy (non-hydrogen) atoms. The van der Waals surface area contributed by atoms with Crippen LogP contribution in [0.1, 0.15) is 5.56 Å². The van der Waals surface area contributed by atoms with E-state index >= 15 is 0 Å². The van der Waals surface area contributed by atoms with Crippen LogP contribution in [0.5, 0.6) is 0 Å². The Balaban J connectivity index is 2.06. The van der Waals surface area contributed by atoms with Crippen molar-refractivity contribution in [2.75, 3.05) is 19.0 Å². The van der Waals surface area contributed by atoms with Crippen molar-refractivity contribution in [2.24, 2.45) is 10.2 Å². The number of azo groups is 1. The minimum absolute atomic E-state index is 0.0858. The molecule has 2 aromatic carbocycles. The number of hydrogen-bond acceptors (Lipinski definition) is 6. The van der Waals surface area contributed by atoms with Gasteiger partial charge in [-0.1, -0.05) is 0 Å². The average Bonchev–Trinajstić information content (AvgIpc) is 2.94. The minimum atomic E-state index is -5.16. The Morgan fingerprint density at radius 1 is 1.16 bits per heavy atom. The molecule has 2 N–H and O–H groups in total. The molecule has 0 fully saturated rings. The van der Waals surface area contributed by atoms with Crippen LogP contribution in [0.25, 0.3) is 10.2 Å². The molecule has 130 valence electrons. The van der Waals surface area contributed by atoms with Crippen molar-refractivity contribution in [2.45, 2.75) is 6.92 Å². The van der Waals surface area contributed by atoms with Gasteiger partial charge in [-0.05, 0) is 0 Å². The van der Waals surface area contributed by atoms with Gasteiger partial charge in [0.25, 0.3) is 0 Å². The van der Waals surface area contributed by atoms with Crippen molar-refractivity contribution >= 4 is 56.6 Å². The topological polar surface area (TPSA) is 98.4 Å².